The Balaban J connectivity index is 3.32. The van der Waals surface area contributed by atoms with E-state index in [4.69, 9.17) is 4.74 Å². The molecule has 1 atom stereocenters. The minimum Gasteiger partial charge on any atom is -0.497 e. The van der Waals surface area contributed by atoms with Crippen molar-refractivity contribution in [1.29, 1.82) is 0 Å². The molecule has 0 aliphatic rings. The second-order valence-corrected chi connectivity index (χ2v) is 8.43. The quantitative estimate of drug-likeness (QED) is 0.741. The van der Waals surface area contributed by atoms with Gasteiger partial charge in [0.1, 0.15) is 5.75 Å². The average molecular weight is 274 g/mol. The summed E-state index contributed by atoms with van der Waals surface area (Å²) in [7, 11) is 2.15. The molecule has 0 saturated carbocycles. The molecule has 1 nitrogen and oxygen atoms in total. The van der Waals surface area contributed by atoms with Crippen LogP contribution in [0.25, 0.3) is 0 Å². The average Bonchev–Trinajstić information content (AvgIpc) is 2.26. The van der Waals surface area contributed by atoms with E-state index in [-0.39, 0.29) is 16.3 Å². The second kappa shape index (κ2) is 5.46. The summed E-state index contributed by atoms with van der Waals surface area (Å²) in [5.74, 6) is 1.03. The molecule has 20 heavy (non-hydrogen) atoms. The molecule has 0 bridgehead atoms. The highest BCUT2D eigenvalue weighted by atomic mass is 16.5. The van der Waals surface area contributed by atoms with Gasteiger partial charge in [-0.3, -0.25) is 0 Å². The second-order valence-electron chi connectivity index (χ2n) is 8.43. The predicted octanol–water partition coefficient (Wildman–Crippen LogP) is 4.42. The van der Waals surface area contributed by atoms with Crippen LogP contribution in [0.4, 0.5) is 0 Å². The summed E-state index contributed by atoms with van der Waals surface area (Å²) in [6.45, 7) is 17.8. The maximum Gasteiger partial charge on any atom is 0.158 e. The maximum atomic E-state index is 6.28. The van der Waals surface area contributed by atoms with Crippen LogP contribution in [0, 0.1) is 0 Å². The zero-order chi connectivity index (χ0) is 15.8. The molecule has 0 heterocycles. The molecule has 0 aliphatic heterocycles. The number of benzene rings is 1. The number of rotatable bonds is 3. The summed E-state index contributed by atoms with van der Waals surface area (Å²) in [4.78, 5) is 0. The highest BCUT2D eigenvalue weighted by Crippen LogP contribution is 2.36. The zero-order valence-electron chi connectivity index (χ0n) is 14.8. The van der Waals surface area contributed by atoms with E-state index >= 15 is 0 Å². The van der Waals surface area contributed by atoms with Crippen LogP contribution in [0.5, 0.6) is 5.75 Å². The maximum absolute atomic E-state index is 6.28. The number of ether oxygens (including phenoxy) is 1. The third kappa shape index (κ3) is 4.29. The first-order valence-corrected chi connectivity index (χ1v) is 7.71. The third-order valence-corrected chi connectivity index (χ3v) is 3.89. The van der Waals surface area contributed by atoms with E-state index in [9.17, 15) is 0 Å². The highest BCUT2D eigenvalue weighted by molar-refractivity contribution is 6.14. The Morgan fingerprint density at radius 1 is 0.950 bits per heavy atom. The van der Waals surface area contributed by atoms with Gasteiger partial charge in [-0.15, -0.1) is 0 Å². The van der Waals surface area contributed by atoms with Gasteiger partial charge in [0.25, 0.3) is 0 Å². The summed E-state index contributed by atoms with van der Waals surface area (Å²) < 4.78 is 6.28. The van der Waals surface area contributed by atoms with Crippen molar-refractivity contribution in [2.24, 2.45) is 0 Å². The van der Waals surface area contributed by atoms with E-state index in [0.717, 1.165) is 12.2 Å². The van der Waals surface area contributed by atoms with Gasteiger partial charge in [0.05, 0.1) is 5.50 Å². The smallest absolute Gasteiger partial charge is 0.158 e. The molecule has 1 aromatic rings. The van der Waals surface area contributed by atoms with E-state index in [2.05, 4.69) is 81.4 Å². The molecule has 0 aromatic heterocycles. The van der Waals surface area contributed by atoms with Crippen molar-refractivity contribution in [2.75, 3.05) is 0 Å². The van der Waals surface area contributed by atoms with Gasteiger partial charge in [-0.2, -0.15) is 0 Å². The standard InChI is InChI=1S/C18H31BO/c1-9-18(8,19)20-15-11-10-13(16(2,3)4)12-14(15)17(5,6)7/h10-12H,9,19H2,1-8H3. The van der Waals surface area contributed by atoms with Crippen LogP contribution < -0.4 is 4.74 Å². The lowest BCUT2D eigenvalue weighted by atomic mass is 9.79. The Kier molecular flexibility index (Phi) is 4.68. The summed E-state index contributed by atoms with van der Waals surface area (Å²) in [6.07, 6.45) is 0.998. The molecule has 0 spiro atoms. The van der Waals surface area contributed by atoms with E-state index in [1.54, 1.807) is 0 Å². The van der Waals surface area contributed by atoms with Crippen molar-refractivity contribution >= 4 is 7.85 Å². The fraction of sp³-hybridized carbons (Fsp3) is 0.667. The van der Waals surface area contributed by atoms with Crippen LogP contribution in [-0.2, 0) is 10.8 Å². The van der Waals surface area contributed by atoms with Gasteiger partial charge in [-0.05, 0) is 41.4 Å². The van der Waals surface area contributed by atoms with Gasteiger partial charge in [0, 0.05) is 0 Å². The van der Waals surface area contributed by atoms with Crippen molar-refractivity contribution in [3.63, 3.8) is 0 Å². The molecule has 0 amide bonds. The van der Waals surface area contributed by atoms with Gasteiger partial charge >= 0.3 is 0 Å². The Morgan fingerprint density at radius 3 is 1.90 bits per heavy atom. The van der Waals surface area contributed by atoms with E-state index < -0.39 is 0 Å². The van der Waals surface area contributed by atoms with Crippen LogP contribution in [0.2, 0.25) is 0 Å². The van der Waals surface area contributed by atoms with Crippen molar-refractivity contribution in [2.45, 2.75) is 78.1 Å². The number of hydrogen-bond donors (Lipinski definition) is 0. The first kappa shape index (κ1) is 17.1. The van der Waals surface area contributed by atoms with Crippen molar-refractivity contribution in [3.8, 4) is 5.75 Å². The van der Waals surface area contributed by atoms with Crippen LogP contribution in [0.15, 0.2) is 18.2 Å². The fourth-order valence-electron chi connectivity index (χ4n) is 2.04. The van der Waals surface area contributed by atoms with E-state index in [0.29, 0.717) is 0 Å². The Morgan fingerprint density at radius 2 is 1.50 bits per heavy atom. The monoisotopic (exact) mass is 274 g/mol. The summed E-state index contributed by atoms with van der Waals surface area (Å²) >= 11 is 0. The molecular formula is C18H31BO. The predicted molar refractivity (Wildman–Crippen MR) is 91.7 cm³/mol. The summed E-state index contributed by atoms with van der Waals surface area (Å²) in [5, 5.41) is 0. The molecule has 1 unspecified atom stereocenters. The highest BCUT2D eigenvalue weighted by Gasteiger charge is 2.26. The van der Waals surface area contributed by atoms with Crippen molar-refractivity contribution < 1.29 is 4.74 Å². The minimum atomic E-state index is -0.122. The van der Waals surface area contributed by atoms with Gasteiger partial charge < -0.3 is 4.74 Å². The van der Waals surface area contributed by atoms with Gasteiger partial charge in [-0.25, -0.2) is 0 Å². The Labute approximate surface area is 126 Å². The SMILES string of the molecule is BC(C)(CC)Oc1ccc(C(C)(C)C)cc1C(C)(C)C. The van der Waals surface area contributed by atoms with Crippen LogP contribution in [0.3, 0.4) is 0 Å². The molecular weight excluding hydrogens is 243 g/mol. The van der Waals surface area contributed by atoms with E-state index in [1.807, 2.05) is 0 Å². The first-order valence-electron chi connectivity index (χ1n) is 7.71. The van der Waals surface area contributed by atoms with Crippen LogP contribution in [0.1, 0.15) is 72.9 Å². The summed E-state index contributed by atoms with van der Waals surface area (Å²) in [6, 6.07) is 6.68. The number of hydrogen-bond acceptors (Lipinski definition) is 1. The lowest BCUT2D eigenvalue weighted by Crippen LogP contribution is -2.33. The topological polar surface area (TPSA) is 9.23 Å². The van der Waals surface area contributed by atoms with Crippen LogP contribution >= 0.6 is 0 Å². The molecule has 1 rings (SSSR count). The molecule has 0 fully saturated rings. The minimum absolute atomic E-state index is 0.0837. The molecule has 1 aromatic carbocycles. The molecule has 2 heteroatoms. The van der Waals surface area contributed by atoms with E-state index in [1.165, 1.54) is 11.1 Å². The van der Waals surface area contributed by atoms with Crippen molar-refractivity contribution in [3.05, 3.63) is 29.3 Å². The van der Waals surface area contributed by atoms with Gasteiger partial charge in [-0.1, -0.05) is 60.6 Å². The molecule has 0 radical (unpaired) electrons. The van der Waals surface area contributed by atoms with Crippen molar-refractivity contribution in [1.82, 2.24) is 0 Å². The van der Waals surface area contributed by atoms with Crippen LogP contribution in [-0.4, -0.2) is 13.3 Å². The summed E-state index contributed by atoms with van der Waals surface area (Å²) in [5.41, 5.74) is 2.79. The molecule has 0 N–H and O–H groups in total. The Hall–Kier alpha value is -0.915. The van der Waals surface area contributed by atoms with Gasteiger partial charge in [0.15, 0.2) is 7.85 Å². The molecule has 0 saturated heterocycles. The third-order valence-electron chi connectivity index (χ3n) is 3.89. The normalized spacial score (nSPS) is 15.8. The lowest BCUT2D eigenvalue weighted by Gasteiger charge is -2.32. The molecule has 112 valence electrons. The Bertz CT molecular complexity index is 461. The lowest BCUT2D eigenvalue weighted by molar-refractivity contribution is 0.168. The largest absolute Gasteiger partial charge is 0.497 e. The zero-order valence-corrected chi connectivity index (χ0v) is 14.8. The van der Waals surface area contributed by atoms with Gasteiger partial charge in [0.2, 0.25) is 0 Å². The fourth-order valence-corrected chi connectivity index (χ4v) is 2.04. The first-order chi connectivity index (χ1) is 8.87. The molecule has 0 aliphatic carbocycles.